The number of primary amides is 1. The van der Waals surface area contributed by atoms with Gasteiger partial charge in [0, 0.05) is 16.5 Å². The van der Waals surface area contributed by atoms with Gasteiger partial charge in [-0.2, -0.15) is 0 Å². The van der Waals surface area contributed by atoms with Gasteiger partial charge in [0.2, 0.25) is 11.8 Å². The smallest absolute Gasteiger partial charge is 0.246 e. The fraction of sp³-hybridized carbons (Fsp3) is 0.222. The van der Waals surface area contributed by atoms with E-state index in [4.69, 9.17) is 33.7 Å². The zero-order valence-electron chi connectivity index (χ0n) is 13.4. The van der Waals surface area contributed by atoms with Gasteiger partial charge >= 0.3 is 0 Å². The summed E-state index contributed by atoms with van der Waals surface area (Å²) in [6, 6.07) is 13.5. The molecule has 0 heterocycles. The zero-order chi connectivity index (χ0) is 18.2. The fourth-order valence-corrected chi connectivity index (χ4v) is 2.78. The lowest BCUT2D eigenvalue weighted by Crippen LogP contribution is -2.47. The number of ether oxygens (including phenoxy) is 1. The highest BCUT2D eigenvalue weighted by atomic mass is 35.5. The van der Waals surface area contributed by atoms with Crippen LogP contribution in [0.3, 0.4) is 0 Å². The van der Waals surface area contributed by atoms with Gasteiger partial charge in [-0.05, 0) is 23.3 Å². The van der Waals surface area contributed by atoms with Crippen molar-refractivity contribution in [2.45, 2.75) is 19.1 Å². The largest absolute Gasteiger partial charge is 0.368 e. The molecule has 7 heteroatoms. The molecule has 5 nitrogen and oxygen atoms in total. The van der Waals surface area contributed by atoms with E-state index in [0.29, 0.717) is 22.2 Å². The molecule has 0 aliphatic carbocycles. The Bertz CT molecular complexity index is 718. The third-order valence-electron chi connectivity index (χ3n) is 3.49. The molecule has 132 valence electrons. The molecular weight excluding hydrogens is 363 g/mol. The first-order valence-electron chi connectivity index (χ1n) is 7.60. The summed E-state index contributed by atoms with van der Waals surface area (Å²) < 4.78 is 5.34. The number of carbonyl (C=O) groups is 2. The highest BCUT2D eigenvalue weighted by Crippen LogP contribution is 2.25. The minimum absolute atomic E-state index is 0.109. The normalized spacial score (nSPS) is 11.8. The first-order valence-corrected chi connectivity index (χ1v) is 8.36. The van der Waals surface area contributed by atoms with Gasteiger partial charge in [0.1, 0.15) is 12.6 Å². The Kier molecular flexibility index (Phi) is 7.25. The Morgan fingerprint density at radius 3 is 2.28 bits per heavy atom. The van der Waals surface area contributed by atoms with E-state index in [1.165, 1.54) is 0 Å². The predicted molar refractivity (Wildman–Crippen MR) is 97.4 cm³/mol. The maximum atomic E-state index is 12.0. The third-order valence-corrected chi connectivity index (χ3v) is 4.20. The van der Waals surface area contributed by atoms with Crippen LogP contribution < -0.4 is 11.1 Å². The Morgan fingerprint density at radius 2 is 1.68 bits per heavy atom. The molecule has 0 saturated carbocycles. The average Bonchev–Trinajstić information content (AvgIpc) is 2.58. The third kappa shape index (κ3) is 6.05. The second kappa shape index (κ2) is 9.42. The van der Waals surface area contributed by atoms with Gasteiger partial charge in [-0.3, -0.25) is 9.59 Å². The summed E-state index contributed by atoms with van der Waals surface area (Å²) in [5, 5.41) is 3.37. The number of benzene rings is 2. The van der Waals surface area contributed by atoms with Crippen LogP contribution in [0.1, 0.15) is 11.1 Å². The lowest BCUT2D eigenvalue weighted by molar-refractivity contribution is -0.130. The van der Waals surface area contributed by atoms with Crippen molar-refractivity contribution in [2.24, 2.45) is 5.73 Å². The predicted octanol–water partition coefficient (Wildman–Crippen LogP) is 2.72. The van der Waals surface area contributed by atoms with Gasteiger partial charge in [-0.1, -0.05) is 59.6 Å². The van der Waals surface area contributed by atoms with Gasteiger partial charge < -0.3 is 15.8 Å². The first-order chi connectivity index (χ1) is 12.0. The number of nitrogens with one attached hydrogen (secondary N) is 1. The SMILES string of the molecule is NC(=O)[C@@H](Cc1c(Cl)cccc1Cl)NC(=O)COCc1ccccc1. The fourth-order valence-electron chi connectivity index (χ4n) is 2.23. The van der Waals surface area contributed by atoms with E-state index in [2.05, 4.69) is 5.32 Å². The molecule has 0 unspecified atom stereocenters. The van der Waals surface area contributed by atoms with Crippen LogP contribution >= 0.6 is 23.2 Å². The van der Waals surface area contributed by atoms with Crippen molar-refractivity contribution in [3.8, 4) is 0 Å². The molecule has 0 aromatic heterocycles. The molecule has 2 aromatic rings. The molecule has 2 amide bonds. The number of halogens is 2. The van der Waals surface area contributed by atoms with Gasteiger partial charge in [-0.25, -0.2) is 0 Å². The van der Waals surface area contributed by atoms with Crippen LogP contribution in [-0.2, 0) is 27.4 Å². The highest BCUT2D eigenvalue weighted by molar-refractivity contribution is 6.36. The van der Waals surface area contributed by atoms with Crippen LogP contribution in [0.15, 0.2) is 48.5 Å². The summed E-state index contributed by atoms with van der Waals surface area (Å²) >= 11 is 12.2. The van der Waals surface area contributed by atoms with Crippen molar-refractivity contribution in [1.82, 2.24) is 5.32 Å². The minimum atomic E-state index is -0.926. The number of hydrogen-bond acceptors (Lipinski definition) is 3. The van der Waals surface area contributed by atoms with Crippen molar-refractivity contribution in [1.29, 1.82) is 0 Å². The minimum Gasteiger partial charge on any atom is -0.368 e. The molecule has 0 spiro atoms. The summed E-state index contributed by atoms with van der Waals surface area (Å²) in [5.74, 6) is -1.12. The molecule has 0 aliphatic rings. The van der Waals surface area contributed by atoms with Gasteiger partial charge in [-0.15, -0.1) is 0 Å². The van der Waals surface area contributed by atoms with E-state index in [1.807, 2.05) is 30.3 Å². The van der Waals surface area contributed by atoms with Crippen LogP contribution in [0.5, 0.6) is 0 Å². The Hall–Kier alpha value is -2.08. The second-order valence-electron chi connectivity index (χ2n) is 5.41. The molecule has 0 aliphatic heterocycles. The quantitative estimate of drug-likeness (QED) is 0.738. The number of carbonyl (C=O) groups excluding carboxylic acids is 2. The van der Waals surface area contributed by atoms with E-state index in [1.54, 1.807) is 18.2 Å². The molecule has 2 rings (SSSR count). The zero-order valence-corrected chi connectivity index (χ0v) is 14.9. The van der Waals surface area contributed by atoms with Crippen LogP contribution in [-0.4, -0.2) is 24.5 Å². The van der Waals surface area contributed by atoms with Crippen LogP contribution in [0.25, 0.3) is 0 Å². The van der Waals surface area contributed by atoms with Crippen molar-refractivity contribution in [3.05, 3.63) is 69.7 Å². The molecule has 0 saturated heterocycles. The molecular formula is C18H18Cl2N2O3. The molecule has 0 bridgehead atoms. The molecule has 1 atom stereocenters. The molecule has 25 heavy (non-hydrogen) atoms. The van der Waals surface area contributed by atoms with Gasteiger partial charge in [0.15, 0.2) is 0 Å². The Morgan fingerprint density at radius 1 is 1.04 bits per heavy atom. The van der Waals surface area contributed by atoms with E-state index in [-0.39, 0.29) is 13.0 Å². The first kappa shape index (κ1) is 19.2. The number of hydrogen-bond donors (Lipinski definition) is 2. The van der Waals surface area contributed by atoms with Crippen molar-refractivity contribution >= 4 is 35.0 Å². The molecule has 0 fully saturated rings. The lowest BCUT2D eigenvalue weighted by atomic mass is 10.1. The topological polar surface area (TPSA) is 81.4 Å². The lowest BCUT2D eigenvalue weighted by Gasteiger charge is -2.17. The highest BCUT2D eigenvalue weighted by Gasteiger charge is 2.21. The molecule has 2 aromatic carbocycles. The molecule has 0 radical (unpaired) electrons. The van der Waals surface area contributed by atoms with E-state index < -0.39 is 17.9 Å². The average molecular weight is 381 g/mol. The van der Waals surface area contributed by atoms with Crippen LogP contribution in [0.4, 0.5) is 0 Å². The Labute approximate surface area is 156 Å². The standard InChI is InChI=1S/C18H18Cl2N2O3/c19-14-7-4-8-15(20)13(14)9-16(18(21)24)22-17(23)11-25-10-12-5-2-1-3-6-12/h1-8,16H,9-11H2,(H2,21,24)(H,22,23)/t16-/m1/s1. The Balaban J connectivity index is 1.90. The van der Waals surface area contributed by atoms with Crippen molar-refractivity contribution in [2.75, 3.05) is 6.61 Å². The van der Waals surface area contributed by atoms with E-state index >= 15 is 0 Å². The summed E-state index contributed by atoms with van der Waals surface area (Å²) in [4.78, 5) is 23.6. The summed E-state index contributed by atoms with van der Waals surface area (Å²) in [6.45, 7) is 0.112. The monoisotopic (exact) mass is 380 g/mol. The summed E-state index contributed by atoms with van der Waals surface area (Å²) in [7, 11) is 0. The van der Waals surface area contributed by atoms with Gasteiger partial charge in [0.05, 0.1) is 6.61 Å². The maximum absolute atomic E-state index is 12.0. The second-order valence-corrected chi connectivity index (χ2v) is 6.22. The van der Waals surface area contributed by atoms with Crippen LogP contribution in [0, 0.1) is 0 Å². The van der Waals surface area contributed by atoms with E-state index in [0.717, 1.165) is 5.56 Å². The van der Waals surface area contributed by atoms with Gasteiger partial charge in [0.25, 0.3) is 0 Å². The van der Waals surface area contributed by atoms with Crippen molar-refractivity contribution in [3.63, 3.8) is 0 Å². The molecule has 3 N–H and O–H groups in total. The summed E-state index contributed by atoms with van der Waals surface area (Å²) in [6.07, 6.45) is 0.109. The number of amides is 2. The van der Waals surface area contributed by atoms with E-state index in [9.17, 15) is 9.59 Å². The maximum Gasteiger partial charge on any atom is 0.246 e. The van der Waals surface area contributed by atoms with Crippen LogP contribution in [0.2, 0.25) is 10.0 Å². The van der Waals surface area contributed by atoms with Crippen molar-refractivity contribution < 1.29 is 14.3 Å². The summed E-state index contributed by atoms with van der Waals surface area (Å²) in [5.41, 5.74) is 6.88. The number of rotatable bonds is 8. The number of nitrogens with two attached hydrogens (primary N) is 1.